The minimum Gasteiger partial charge on any atom is -0.464 e. The first-order valence-electron chi connectivity index (χ1n) is 11.8. The lowest BCUT2D eigenvalue weighted by Crippen LogP contribution is -2.53. The number of carbonyl (C=O) groups excluding carboxylic acids is 3. The Morgan fingerprint density at radius 2 is 1.84 bits per heavy atom. The summed E-state index contributed by atoms with van der Waals surface area (Å²) in [5.41, 5.74) is -0.319. The van der Waals surface area contributed by atoms with Crippen LogP contribution in [-0.4, -0.2) is 71.2 Å². The first-order chi connectivity index (χ1) is 17.1. The molecule has 1 heterocycles. The Kier molecular flexibility index (Phi) is 10.6. The van der Waals surface area contributed by atoms with Crippen molar-refractivity contribution in [3.05, 3.63) is 33.8 Å². The van der Waals surface area contributed by atoms with E-state index >= 15 is 0 Å². The zero-order valence-electron chi connectivity index (χ0n) is 21.7. The number of amides is 2. The van der Waals surface area contributed by atoms with Crippen LogP contribution in [0, 0.1) is 11.8 Å². The van der Waals surface area contributed by atoms with Gasteiger partial charge in [0.15, 0.2) is 6.04 Å². The summed E-state index contributed by atoms with van der Waals surface area (Å²) in [4.78, 5) is 50.4. The van der Waals surface area contributed by atoms with Crippen LogP contribution in [0.15, 0.2) is 18.2 Å². The number of benzene rings is 1. The highest BCUT2D eigenvalue weighted by molar-refractivity contribution is 6.35. The maximum absolute atomic E-state index is 13.1. The average molecular weight is 562 g/mol. The fourth-order valence-corrected chi connectivity index (χ4v) is 4.13. The van der Waals surface area contributed by atoms with Crippen LogP contribution in [-0.2, 0) is 35.0 Å². The molecule has 1 fully saturated rings. The molecule has 1 saturated heterocycles. The Balaban J connectivity index is 2.41. The third-order valence-corrected chi connectivity index (χ3v) is 6.02. The van der Waals surface area contributed by atoms with E-state index in [4.69, 9.17) is 42.1 Å². The van der Waals surface area contributed by atoms with Gasteiger partial charge >= 0.3 is 24.1 Å². The van der Waals surface area contributed by atoms with Crippen molar-refractivity contribution in [2.45, 2.75) is 71.8 Å². The van der Waals surface area contributed by atoms with Gasteiger partial charge in [-0.1, -0.05) is 43.1 Å². The van der Waals surface area contributed by atoms with Gasteiger partial charge in [-0.05, 0) is 51.8 Å². The van der Waals surface area contributed by atoms with E-state index < -0.39 is 66.4 Å². The van der Waals surface area contributed by atoms with E-state index in [1.165, 1.54) is 6.92 Å². The van der Waals surface area contributed by atoms with Gasteiger partial charge in [0.2, 0.25) is 0 Å². The number of cyclic esters (lactones) is 1. The zero-order chi connectivity index (χ0) is 28.1. The first-order valence-corrected chi connectivity index (χ1v) is 12.5. The molecule has 1 aromatic carbocycles. The number of carboxylic acid groups (broad SMARTS) is 1. The smallest absolute Gasteiger partial charge is 0.420 e. The van der Waals surface area contributed by atoms with Crippen molar-refractivity contribution in [3.63, 3.8) is 0 Å². The van der Waals surface area contributed by atoms with E-state index in [0.717, 1.165) is 0 Å². The lowest BCUT2D eigenvalue weighted by molar-refractivity contribution is -0.174. The molecule has 0 aliphatic carbocycles. The van der Waals surface area contributed by atoms with E-state index in [1.807, 2.05) is 0 Å². The second kappa shape index (κ2) is 12.8. The number of hydrogen-bond donors (Lipinski definition) is 1. The van der Waals surface area contributed by atoms with E-state index in [-0.39, 0.29) is 17.9 Å². The maximum atomic E-state index is 13.1. The summed E-state index contributed by atoms with van der Waals surface area (Å²) in [7, 11) is 0. The van der Waals surface area contributed by atoms with Crippen LogP contribution >= 0.6 is 23.2 Å². The van der Waals surface area contributed by atoms with Crippen LogP contribution in [0.5, 0.6) is 0 Å². The van der Waals surface area contributed by atoms with Crippen LogP contribution in [0.2, 0.25) is 10.0 Å². The Morgan fingerprint density at radius 3 is 2.38 bits per heavy atom. The highest BCUT2D eigenvalue weighted by Crippen LogP contribution is 2.29. The molecule has 0 spiro atoms. The van der Waals surface area contributed by atoms with Crippen LogP contribution in [0.3, 0.4) is 0 Å². The summed E-state index contributed by atoms with van der Waals surface area (Å²) < 4.78 is 22.2. The van der Waals surface area contributed by atoms with Gasteiger partial charge in [-0.15, -0.1) is 0 Å². The number of hydrogen-bond acceptors (Lipinski definition) is 8. The van der Waals surface area contributed by atoms with Crippen molar-refractivity contribution in [2.75, 3.05) is 13.2 Å². The SMILES string of the molecule is CC(C)C(=O)OC1C(Cc2ccc(Cl)cc2Cl)COCC(N(C(=O)O)C(=O)OC(C)(C)C)C(=O)OC1C. The molecular weight excluding hydrogens is 529 g/mol. The second-order valence-corrected chi connectivity index (χ2v) is 10.9. The Hall–Kier alpha value is -2.56. The van der Waals surface area contributed by atoms with E-state index in [0.29, 0.717) is 15.6 Å². The molecule has 206 valence electrons. The number of carbonyl (C=O) groups is 4. The van der Waals surface area contributed by atoms with Gasteiger partial charge in [0.05, 0.1) is 19.1 Å². The molecule has 2 amide bonds. The average Bonchev–Trinajstić information content (AvgIpc) is 2.79. The van der Waals surface area contributed by atoms with Gasteiger partial charge in [-0.3, -0.25) is 4.79 Å². The Bertz CT molecular complexity index is 1010. The minimum atomic E-state index is -1.71. The predicted molar refractivity (Wildman–Crippen MR) is 135 cm³/mol. The van der Waals surface area contributed by atoms with Crippen LogP contribution < -0.4 is 0 Å². The summed E-state index contributed by atoms with van der Waals surface area (Å²) in [5.74, 6) is -2.56. The third-order valence-electron chi connectivity index (χ3n) is 5.44. The summed E-state index contributed by atoms with van der Waals surface area (Å²) >= 11 is 12.4. The fraction of sp³-hybridized carbons (Fsp3) is 0.600. The molecule has 0 radical (unpaired) electrons. The molecule has 37 heavy (non-hydrogen) atoms. The molecule has 4 unspecified atom stereocenters. The highest BCUT2D eigenvalue weighted by atomic mass is 35.5. The standard InChI is InChI=1S/C25H33Cl2NO9/c1-13(2)21(29)36-20-14(3)35-22(30)19(28(23(31)32)24(33)37-25(4,5)6)12-34-11-16(20)9-15-7-8-17(26)10-18(15)27/h7-8,10,13-14,16,19-20H,9,11-12H2,1-6H3,(H,31,32). The molecular formula is C25H33Cl2NO9. The summed E-state index contributed by atoms with van der Waals surface area (Å²) in [5, 5.41) is 10.5. The van der Waals surface area contributed by atoms with Gasteiger partial charge in [-0.2, -0.15) is 4.90 Å². The monoisotopic (exact) mass is 561 g/mol. The molecule has 0 aromatic heterocycles. The van der Waals surface area contributed by atoms with E-state index in [2.05, 4.69) is 0 Å². The largest absolute Gasteiger partial charge is 0.464 e. The van der Waals surface area contributed by atoms with Gasteiger partial charge in [0.25, 0.3) is 0 Å². The van der Waals surface area contributed by atoms with E-state index in [1.54, 1.807) is 52.8 Å². The molecule has 12 heteroatoms. The summed E-state index contributed by atoms with van der Waals surface area (Å²) in [6.07, 6.45) is -4.65. The molecule has 0 saturated carbocycles. The number of halogens is 2. The minimum absolute atomic E-state index is 0.0613. The van der Waals surface area contributed by atoms with Gasteiger partial charge in [-0.25, -0.2) is 14.4 Å². The van der Waals surface area contributed by atoms with Crippen molar-refractivity contribution in [1.29, 1.82) is 0 Å². The normalized spacial score (nSPS) is 22.8. The van der Waals surface area contributed by atoms with Crippen LogP contribution in [0.4, 0.5) is 9.59 Å². The van der Waals surface area contributed by atoms with Crippen molar-refractivity contribution < 1.29 is 43.2 Å². The molecule has 1 aromatic rings. The molecule has 1 aliphatic rings. The summed E-state index contributed by atoms with van der Waals surface area (Å²) in [6, 6.07) is 3.33. The lowest BCUT2D eigenvalue weighted by Gasteiger charge is -2.31. The van der Waals surface area contributed by atoms with E-state index in [9.17, 15) is 24.3 Å². The lowest BCUT2D eigenvalue weighted by atomic mass is 9.91. The van der Waals surface area contributed by atoms with Crippen molar-refractivity contribution in [2.24, 2.45) is 11.8 Å². The highest BCUT2D eigenvalue weighted by Gasteiger charge is 2.43. The molecule has 10 nitrogen and oxygen atoms in total. The maximum Gasteiger partial charge on any atom is 0.420 e. The third kappa shape index (κ3) is 8.76. The first kappa shape index (κ1) is 30.7. The van der Waals surface area contributed by atoms with Crippen molar-refractivity contribution >= 4 is 47.3 Å². The van der Waals surface area contributed by atoms with Crippen molar-refractivity contribution in [3.8, 4) is 0 Å². The second-order valence-electron chi connectivity index (χ2n) is 10.1. The number of ether oxygens (including phenoxy) is 4. The molecule has 1 N–H and O–H groups in total. The number of imide groups is 1. The van der Waals surface area contributed by atoms with Crippen molar-refractivity contribution in [1.82, 2.24) is 4.90 Å². The molecule has 1 aliphatic heterocycles. The quantitative estimate of drug-likeness (QED) is 0.391. The van der Waals surface area contributed by atoms with Gasteiger partial charge in [0, 0.05) is 16.0 Å². The van der Waals surface area contributed by atoms with Crippen LogP contribution in [0.1, 0.15) is 47.1 Å². The Labute approximate surface area is 226 Å². The van der Waals surface area contributed by atoms with Gasteiger partial charge < -0.3 is 24.1 Å². The number of esters is 2. The number of rotatable bonds is 5. The number of nitrogens with zero attached hydrogens (tertiary/aromatic N) is 1. The fourth-order valence-electron chi connectivity index (χ4n) is 3.64. The summed E-state index contributed by atoms with van der Waals surface area (Å²) in [6.45, 7) is 8.98. The molecule has 4 atom stereocenters. The molecule has 2 rings (SSSR count). The van der Waals surface area contributed by atoms with Crippen LogP contribution in [0.25, 0.3) is 0 Å². The predicted octanol–water partition coefficient (Wildman–Crippen LogP) is 4.97. The van der Waals surface area contributed by atoms with Gasteiger partial charge in [0.1, 0.15) is 17.8 Å². The Morgan fingerprint density at radius 1 is 1.19 bits per heavy atom. The topological polar surface area (TPSA) is 129 Å². The molecule has 0 bridgehead atoms. The zero-order valence-corrected chi connectivity index (χ0v) is 23.2.